The van der Waals surface area contributed by atoms with Crippen LogP contribution in [0.1, 0.15) is 78.7 Å². The number of carboxylic acids is 1. The predicted molar refractivity (Wildman–Crippen MR) is 202 cm³/mol. The van der Waals surface area contributed by atoms with E-state index in [0.717, 1.165) is 10.9 Å². The number of rotatable bonds is 21. The average Bonchev–Trinajstić information content (AvgIpc) is 3.75. The van der Waals surface area contributed by atoms with Crippen molar-refractivity contribution in [3.8, 4) is 0 Å². The van der Waals surface area contributed by atoms with Gasteiger partial charge in [-0.05, 0) is 56.1 Å². The van der Waals surface area contributed by atoms with Crippen LogP contribution < -0.4 is 38.2 Å². The maximum absolute atomic E-state index is 13.8. The molecular weight excluding hydrogens is 714 g/mol. The van der Waals surface area contributed by atoms with Crippen molar-refractivity contribution in [3.63, 3.8) is 0 Å². The number of hydrogen-bond donors (Lipinski definition) is 10. The summed E-state index contributed by atoms with van der Waals surface area (Å²) in [5.74, 6) is -0.524. The van der Waals surface area contributed by atoms with Gasteiger partial charge < -0.3 is 47.5 Å². The van der Waals surface area contributed by atoms with E-state index in [1.807, 2.05) is 24.3 Å². The first kappa shape index (κ1) is 44.3. The van der Waals surface area contributed by atoms with Crippen LogP contribution in [-0.2, 0) is 40.0 Å². The molecule has 8 atom stereocenters. The van der Waals surface area contributed by atoms with Crippen LogP contribution >= 0.6 is 0 Å². The Morgan fingerprint density at radius 1 is 0.873 bits per heavy atom. The third-order valence-corrected chi connectivity index (χ3v) is 9.82. The summed E-state index contributed by atoms with van der Waals surface area (Å²) in [6, 6.07) is -0.0331. The fraction of sp³-hybridized carbons (Fsp3) is 0.595. The molecule has 18 nitrogen and oxygen atoms in total. The lowest BCUT2D eigenvalue weighted by Gasteiger charge is -2.30. The quantitative estimate of drug-likeness (QED) is 0.0708. The summed E-state index contributed by atoms with van der Waals surface area (Å²) >= 11 is 0. The number of aliphatic hydroxyl groups is 1. The summed E-state index contributed by atoms with van der Waals surface area (Å²) in [6.07, 6.45) is 1.42. The van der Waals surface area contributed by atoms with Crippen LogP contribution in [0.25, 0.3) is 10.9 Å². The summed E-state index contributed by atoms with van der Waals surface area (Å²) in [5.41, 5.74) is 6.79. The van der Waals surface area contributed by atoms with E-state index >= 15 is 0 Å². The molecule has 1 saturated heterocycles. The van der Waals surface area contributed by atoms with E-state index in [4.69, 9.17) is 11.6 Å². The molecule has 1 aliphatic rings. The van der Waals surface area contributed by atoms with Crippen LogP contribution in [0.4, 0.5) is 0 Å². The van der Waals surface area contributed by atoms with Crippen molar-refractivity contribution in [1.29, 1.82) is 0 Å². The molecule has 0 bridgehead atoms. The van der Waals surface area contributed by atoms with Crippen molar-refractivity contribution in [3.05, 3.63) is 36.0 Å². The number of benzene rings is 1. The van der Waals surface area contributed by atoms with E-state index in [0.29, 0.717) is 31.4 Å². The number of nitrogens with two attached hydrogens (primary N) is 2. The summed E-state index contributed by atoms with van der Waals surface area (Å²) in [4.78, 5) is 94.5. The van der Waals surface area contributed by atoms with Gasteiger partial charge in [-0.3, -0.25) is 34.6 Å². The average molecular weight is 772 g/mol. The minimum atomic E-state index is -1.59. The zero-order valence-corrected chi connectivity index (χ0v) is 32.1. The summed E-state index contributed by atoms with van der Waals surface area (Å²) in [6.45, 7) is 8.82. The van der Waals surface area contributed by atoms with Gasteiger partial charge in [0, 0.05) is 36.5 Å². The molecule has 12 N–H and O–H groups in total. The van der Waals surface area contributed by atoms with Crippen molar-refractivity contribution >= 4 is 52.3 Å². The highest BCUT2D eigenvalue weighted by Gasteiger charge is 2.37. The summed E-state index contributed by atoms with van der Waals surface area (Å²) < 4.78 is 0. The van der Waals surface area contributed by atoms with Gasteiger partial charge in [0.2, 0.25) is 35.4 Å². The number of aliphatic carboxylic acids is 1. The highest BCUT2D eigenvalue weighted by molar-refractivity contribution is 5.97. The van der Waals surface area contributed by atoms with E-state index < -0.39 is 89.7 Å². The smallest absolute Gasteiger partial charge is 0.326 e. The summed E-state index contributed by atoms with van der Waals surface area (Å²) in [7, 11) is 0. The molecule has 1 fully saturated rings. The molecule has 1 aromatic heterocycles. The number of fused-ring (bicyclic) bond motifs is 1. The molecule has 0 aliphatic carbocycles. The van der Waals surface area contributed by atoms with Crippen molar-refractivity contribution in [2.45, 2.75) is 122 Å². The van der Waals surface area contributed by atoms with Crippen molar-refractivity contribution in [2.75, 3.05) is 6.54 Å². The van der Waals surface area contributed by atoms with Crippen molar-refractivity contribution < 1.29 is 43.8 Å². The lowest BCUT2D eigenvalue weighted by molar-refractivity contribution is -0.142. The highest BCUT2D eigenvalue weighted by atomic mass is 16.4. The third-order valence-electron chi connectivity index (χ3n) is 9.82. The Balaban J connectivity index is 1.76. The fourth-order valence-corrected chi connectivity index (χ4v) is 6.46. The first-order valence-electron chi connectivity index (χ1n) is 18.7. The van der Waals surface area contributed by atoms with Gasteiger partial charge in [-0.1, -0.05) is 52.3 Å². The molecule has 1 aliphatic heterocycles. The lowest BCUT2D eigenvalue weighted by Crippen LogP contribution is -2.62. The van der Waals surface area contributed by atoms with Gasteiger partial charge in [0.25, 0.3) is 0 Å². The molecule has 0 saturated carbocycles. The number of aromatic amines is 1. The van der Waals surface area contributed by atoms with Gasteiger partial charge in [-0.25, -0.2) is 9.80 Å². The fourth-order valence-electron chi connectivity index (χ4n) is 6.46. The highest BCUT2D eigenvalue weighted by Crippen LogP contribution is 2.20. The van der Waals surface area contributed by atoms with E-state index in [1.165, 1.54) is 11.9 Å². The van der Waals surface area contributed by atoms with Gasteiger partial charge in [0.1, 0.15) is 36.3 Å². The number of hydrogen-bond acceptors (Lipinski definition) is 10. The summed E-state index contributed by atoms with van der Waals surface area (Å²) in [5, 5.41) is 35.7. The molecule has 0 radical (unpaired) electrons. The van der Waals surface area contributed by atoms with Crippen molar-refractivity contribution in [1.82, 2.24) is 36.6 Å². The number of amides is 6. The standard InChI is InChI=1S/C37H57N9O9/c1-6-20(4)30(44-32(49)25(13-14-29(38)48)41-34(51)28-12-9-15-46(28)39)35(52)45-31(21(5)47)36(53)42-26(16-19(2)3)33(50)43-27(37(54)55)17-22-18-40-24-11-8-7-10-23(22)24/h7-8,10-11,18-21,25-28,30-31,40,47H,6,9,12-17,39H2,1-5H3,(H2,38,48)(H,41,51)(H,42,53)(H,43,50)(H,44,49)(H,45,52)(H,54,55)/t20-,21+,25-,26-,27-,28-,30-,31-/m0/s1. The Hall–Kier alpha value is -5.07. The number of carbonyl (C=O) groups is 7. The Kier molecular flexibility index (Phi) is 16.6. The van der Waals surface area contributed by atoms with Crippen LogP contribution in [0.5, 0.6) is 0 Å². The van der Waals surface area contributed by atoms with Gasteiger partial charge in [0.05, 0.1) is 6.10 Å². The molecule has 55 heavy (non-hydrogen) atoms. The minimum Gasteiger partial charge on any atom is -0.480 e. The van der Waals surface area contributed by atoms with Gasteiger partial charge >= 0.3 is 5.97 Å². The number of carbonyl (C=O) groups excluding carboxylic acids is 6. The molecule has 18 heteroatoms. The number of aromatic nitrogens is 1. The Bertz CT molecular complexity index is 1680. The zero-order chi connectivity index (χ0) is 41.0. The maximum atomic E-state index is 13.8. The number of hydrazine groups is 1. The second kappa shape index (κ2) is 20.6. The number of aliphatic hydroxyl groups excluding tert-OH is 1. The molecule has 304 valence electrons. The molecule has 2 aromatic rings. The largest absolute Gasteiger partial charge is 0.480 e. The van der Waals surface area contributed by atoms with Crippen LogP contribution in [0, 0.1) is 11.8 Å². The maximum Gasteiger partial charge on any atom is 0.326 e. The zero-order valence-electron chi connectivity index (χ0n) is 32.1. The molecule has 3 rings (SSSR count). The molecular formula is C37H57N9O9. The van der Waals surface area contributed by atoms with Gasteiger partial charge in [0.15, 0.2) is 0 Å². The van der Waals surface area contributed by atoms with E-state index in [9.17, 15) is 43.8 Å². The van der Waals surface area contributed by atoms with E-state index in [-0.39, 0.29) is 31.6 Å². The Morgan fingerprint density at radius 3 is 2.07 bits per heavy atom. The number of H-pyrrole nitrogens is 1. The third kappa shape index (κ3) is 12.8. The number of primary amides is 1. The van der Waals surface area contributed by atoms with Crippen molar-refractivity contribution in [2.24, 2.45) is 23.4 Å². The van der Waals surface area contributed by atoms with Gasteiger partial charge in [-0.2, -0.15) is 0 Å². The first-order chi connectivity index (χ1) is 25.9. The Labute approximate surface area is 320 Å². The molecule has 0 unspecified atom stereocenters. The number of para-hydroxylation sites is 1. The SMILES string of the molecule is CC[C@H](C)[C@H](NC(=O)[C@H](CCC(N)=O)NC(=O)[C@@H]1CCCN1N)C(=O)N[C@H](C(=O)N[C@@H](CC(C)C)C(=O)N[C@@H](Cc1c[nH]c2ccccc12)C(=O)O)[C@@H](C)O. The molecule has 2 heterocycles. The van der Waals surface area contributed by atoms with Crippen LogP contribution in [-0.4, -0.2) is 111 Å². The predicted octanol–water partition coefficient (Wildman–Crippen LogP) is -0.704. The molecule has 1 aromatic carbocycles. The monoisotopic (exact) mass is 771 g/mol. The van der Waals surface area contributed by atoms with E-state index in [1.54, 1.807) is 33.9 Å². The normalized spacial score (nSPS) is 18.3. The topological polar surface area (TPSA) is 291 Å². The number of nitrogens with zero attached hydrogens (tertiary/aromatic N) is 1. The van der Waals surface area contributed by atoms with Crippen LogP contribution in [0.2, 0.25) is 0 Å². The van der Waals surface area contributed by atoms with E-state index in [2.05, 4.69) is 31.6 Å². The molecule has 6 amide bonds. The first-order valence-corrected chi connectivity index (χ1v) is 18.7. The molecule has 0 spiro atoms. The van der Waals surface area contributed by atoms with Gasteiger partial charge in [-0.15, -0.1) is 0 Å². The Morgan fingerprint density at radius 2 is 1.49 bits per heavy atom. The number of carboxylic acid groups (broad SMARTS) is 1. The van der Waals surface area contributed by atoms with Crippen LogP contribution in [0.3, 0.4) is 0 Å². The second-order valence-electron chi connectivity index (χ2n) is 14.7. The number of nitrogens with one attached hydrogen (secondary N) is 6. The second-order valence-corrected chi connectivity index (χ2v) is 14.7. The lowest BCUT2D eigenvalue weighted by atomic mass is 9.96. The minimum absolute atomic E-state index is 0.0401. The van der Waals surface area contributed by atoms with Crippen LogP contribution in [0.15, 0.2) is 30.5 Å².